The lowest BCUT2D eigenvalue weighted by molar-refractivity contribution is -0.166. The average molecular weight is 1130 g/mol. The van der Waals surface area contributed by atoms with Crippen LogP contribution in [-0.4, -0.2) is 37.2 Å². The molecule has 0 rings (SSSR count). The van der Waals surface area contributed by atoms with E-state index in [1.807, 2.05) is 6.08 Å². The summed E-state index contributed by atoms with van der Waals surface area (Å²) in [5.74, 6) is -0.979. The van der Waals surface area contributed by atoms with Crippen molar-refractivity contribution < 1.29 is 28.6 Å². The first kappa shape index (κ1) is 77.1. The molecule has 0 amide bonds. The van der Waals surface area contributed by atoms with Gasteiger partial charge in [0.25, 0.3) is 0 Å². The van der Waals surface area contributed by atoms with Gasteiger partial charge >= 0.3 is 17.9 Å². The number of ether oxygens (including phenoxy) is 3. The normalized spacial score (nSPS) is 12.8. The summed E-state index contributed by atoms with van der Waals surface area (Å²) in [5, 5.41) is 0. The number of hydrogen-bond acceptors (Lipinski definition) is 6. The molecule has 0 radical (unpaired) electrons. The van der Waals surface area contributed by atoms with Gasteiger partial charge in [0.1, 0.15) is 13.2 Å². The predicted octanol–water partition coefficient (Wildman–Crippen LogP) is 23.8. The maximum Gasteiger partial charge on any atom is 0.306 e. The van der Waals surface area contributed by atoms with Crippen LogP contribution in [0.5, 0.6) is 0 Å². The van der Waals surface area contributed by atoms with Crippen molar-refractivity contribution in [1.29, 1.82) is 0 Å². The number of unbranched alkanes of at least 4 members (excludes halogenated alkanes) is 33. The third kappa shape index (κ3) is 66.8. The van der Waals surface area contributed by atoms with Gasteiger partial charge in [-0.05, 0) is 89.9 Å². The van der Waals surface area contributed by atoms with Gasteiger partial charge in [-0.1, -0.05) is 329 Å². The Labute approximate surface area is 501 Å². The van der Waals surface area contributed by atoms with Crippen LogP contribution in [0.4, 0.5) is 0 Å². The molecule has 464 valence electrons. The first-order valence-corrected chi connectivity index (χ1v) is 34.4. The average Bonchev–Trinajstić information content (AvgIpc) is 3.46. The Hall–Kier alpha value is -3.93. The molecule has 0 spiro atoms. The highest BCUT2D eigenvalue weighted by Crippen LogP contribution is 2.18. The fourth-order valence-corrected chi connectivity index (χ4v) is 9.72. The van der Waals surface area contributed by atoms with Crippen LogP contribution in [-0.2, 0) is 28.6 Å². The topological polar surface area (TPSA) is 78.9 Å². The molecule has 0 heterocycles. The molecule has 0 aliphatic carbocycles. The van der Waals surface area contributed by atoms with E-state index < -0.39 is 6.10 Å². The predicted molar refractivity (Wildman–Crippen MR) is 353 cm³/mol. The van der Waals surface area contributed by atoms with Crippen LogP contribution in [0.3, 0.4) is 0 Å². The Morgan fingerprint density at radius 3 is 0.827 bits per heavy atom. The second-order valence-corrected chi connectivity index (χ2v) is 22.7. The smallest absolute Gasteiger partial charge is 0.306 e. The molecule has 0 saturated heterocycles. The second kappa shape index (κ2) is 68.6. The van der Waals surface area contributed by atoms with Crippen LogP contribution in [0.15, 0.2) is 109 Å². The number of allylic oxidation sites excluding steroid dienone is 18. The maximum absolute atomic E-state index is 12.9. The van der Waals surface area contributed by atoms with E-state index >= 15 is 0 Å². The summed E-state index contributed by atoms with van der Waals surface area (Å²) in [5.41, 5.74) is 0. The summed E-state index contributed by atoms with van der Waals surface area (Å²) >= 11 is 0. The van der Waals surface area contributed by atoms with E-state index in [4.69, 9.17) is 14.2 Å². The number of rotatable bonds is 62. The van der Waals surface area contributed by atoms with Crippen molar-refractivity contribution in [2.45, 2.75) is 335 Å². The SMILES string of the molecule is CC/C=C\C/C=C\C/C=C\C/C=C\C/C=C\CCCCCCCCCCCC(=O)OCC(COC(=O)CC/C=C\C/C=C\C/C=C\C/C=C\CC)OC(=O)CCCCCCCCCCCCCCCCCCCCCCCCCCC. The summed E-state index contributed by atoms with van der Waals surface area (Å²) in [6, 6.07) is 0. The molecule has 81 heavy (non-hydrogen) atoms. The quantitative estimate of drug-likeness (QED) is 0.0261. The van der Waals surface area contributed by atoms with E-state index in [0.29, 0.717) is 19.3 Å². The lowest BCUT2D eigenvalue weighted by Crippen LogP contribution is -2.30. The van der Waals surface area contributed by atoms with Crippen LogP contribution in [0.2, 0.25) is 0 Å². The van der Waals surface area contributed by atoms with Gasteiger partial charge in [0, 0.05) is 19.3 Å². The summed E-state index contributed by atoms with van der Waals surface area (Å²) in [4.78, 5) is 38.3. The zero-order chi connectivity index (χ0) is 58.5. The van der Waals surface area contributed by atoms with Gasteiger partial charge in [-0.25, -0.2) is 0 Å². The van der Waals surface area contributed by atoms with Gasteiger partial charge in [0.05, 0.1) is 0 Å². The highest BCUT2D eigenvalue weighted by Gasteiger charge is 2.19. The first-order valence-electron chi connectivity index (χ1n) is 34.4. The van der Waals surface area contributed by atoms with Crippen LogP contribution >= 0.6 is 0 Å². The zero-order valence-electron chi connectivity index (χ0n) is 53.3. The van der Waals surface area contributed by atoms with Crippen LogP contribution in [0.25, 0.3) is 0 Å². The molecule has 0 aromatic carbocycles. The Balaban J connectivity index is 4.32. The molecule has 0 bridgehead atoms. The van der Waals surface area contributed by atoms with Crippen LogP contribution < -0.4 is 0 Å². The van der Waals surface area contributed by atoms with Crippen LogP contribution in [0, 0.1) is 0 Å². The van der Waals surface area contributed by atoms with Gasteiger partial charge in [0.2, 0.25) is 0 Å². The molecular formula is C75H128O6. The number of carbonyl (C=O) groups is 3. The lowest BCUT2D eigenvalue weighted by Gasteiger charge is -2.18. The van der Waals surface area contributed by atoms with E-state index in [0.717, 1.165) is 103 Å². The fraction of sp³-hybridized carbons (Fsp3) is 0.720. The fourth-order valence-electron chi connectivity index (χ4n) is 9.72. The summed E-state index contributed by atoms with van der Waals surface area (Å²) in [6.45, 7) is 6.38. The second-order valence-electron chi connectivity index (χ2n) is 22.7. The molecule has 0 aliphatic rings. The van der Waals surface area contributed by atoms with E-state index in [-0.39, 0.29) is 37.5 Å². The Bertz CT molecular complexity index is 1620. The van der Waals surface area contributed by atoms with Crippen molar-refractivity contribution in [3.63, 3.8) is 0 Å². The number of esters is 3. The van der Waals surface area contributed by atoms with Crippen molar-refractivity contribution in [3.05, 3.63) is 109 Å². The molecular weight excluding hydrogens is 997 g/mol. The van der Waals surface area contributed by atoms with Gasteiger partial charge in [0.15, 0.2) is 6.10 Å². The summed E-state index contributed by atoms with van der Waals surface area (Å²) < 4.78 is 16.9. The van der Waals surface area contributed by atoms with Crippen molar-refractivity contribution in [2.75, 3.05) is 13.2 Å². The highest BCUT2D eigenvalue weighted by atomic mass is 16.6. The summed E-state index contributed by atoms with van der Waals surface area (Å²) in [7, 11) is 0. The first-order chi connectivity index (χ1) is 40.0. The van der Waals surface area contributed by atoms with Gasteiger partial charge in [-0.15, -0.1) is 0 Å². The molecule has 0 N–H and O–H groups in total. The summed E-state index contributed by atoms with van der Waals surface area (Å²) in [6.07, 6.45) is 94.2. The van der Waals surface area contributed by atoms with Crippen LogP contribution in [0.1, 0.15) is 329 Å². The largest absolute Gasteiger partial charge is 0.462 e. The standard InChI is InChI=1S/C75H128O6/c1-4-7-10-13-16-19-22-25-27-29-31-33-35-37-39-41-43-45-47-50-53-56-59-62-65-68-74(77)80-71-72(70-79-73(76)67-64-61-58-55-52-49-24-21-18-15-12-9-6-3)81-75(78)69-66-63-60-57-54-51-48-46-44-42-40-38-36-34-32-30-28-26-23-20-17-14-11-8-5-2/h7,9-10,12,16,18-19,21,25,27,31,33,37,39,49,52,58,61,72H,4-6,8,11,13-15,17,20,22-24,26,28-30,32,34-36,38,40-48,50-51,53-57,59-60,62-71H2,1-3H3/b10-7-,12-9-,19-16-,21-18-,27-25-,33-31-,39-37-,52-49-,61-58-. The minimum absolute atomic E-state index is 0.102. The highest BCUT2D eigenvalue weighted by molar-refractivity contribution is 5.71. The molecule has 0 aliphatic heterocycles. The molecule has 0 aromatic rings. The molecule has 0 fully saturated rings. The van der Waals surface area contributed by atoms with Gasteiger partial charge < -0.3 is 14.2 Å². The third-order valence-corrected chi connectivity index (χ3v) is 14.8. The van der Waals surface area contributed by atoms with Crippen molar-refractivity contribution in [2.24, 2.45) is 0 Å². The maximum atomic E-state index is 12.9. The number of hydrogen-bond donors (Lipinski definition) is 0. The zero-order valence-corrected chi connectivity index (χ0v) is 53.3. The van der Waals surface area contributed by atoms with E-state index in [1.165, 1.54) is 180 Å². The van der Waals surface area contributed by atoms with Gasteiger partial charge in [-0.3, -0.25) is 14.4 Å². The molecule has 0 saturated carbocycles. The van der Waals surface area contributed by atoms with Crippen molar-refractivity contribution >= 4 is 17.9 Å². The monoisotopic (exact) mass is 1120 g/mol. The Morgan fingerprint density at radius 1 is 0.259 bits per heavy atom. The number of carbonyl (C=O) groups excluding carboxylic acids is 3. The van der Waals surface area contributed by atoms with Crippen molar-refractivity contribution in [1.82, 2.24) is 0 Å². The van der Waals surface area contributed by atoms with E-state index in [9.17, 15) is 14.4 Å². The van der Waals surface area contributed by atoms with E-state index in [2.05, 4.69) is 124 Å². The lowest BCUT2D eigenvalue weighted by atomic mass is 10.0. The minimum Gasteiger partial charge on any atom is -0.462 e. The van der Waals surface area contributed by atoms with Crippen molar-refractivity contribution in [3.8, 4) is 0 Å². The van der Waals surface area contributed by atoms with Gasteiger partial charge in [-0.2, -0.15) is 0 Å². The Morgan fingerprint density at radius 2 is 0.506 bits per heavy atom. The molecule has 6 heteroatoms. The third-order valence-electron chi connectivity index (χ3n) is 14.8. The van der Waals surface area contributed by atoms with E-state index in [1.54, 1.807) is 0 Å². The molecule has 0 aromatic heterocycles. The molecule has 6 nitrogen and oxygen atoms in total. The molecule has 1 unspecified atom stereocenters. The molecule has 1 atom stereocenters. The minimum atomic E-state index is -0.811. The Kier molecular flexibility index (Phi) is 65.2.